The van der Waals surface area contributed by atoms with Crippen LogP contribution in [0.5, 0.6) is 0 Å². The lowest BCUT2D eigenvalue weighted by Crippen LogP contribution is -2.45. The SMILES string of the molecule is CCCC(CNC(C)C)N(C)CC1CCN(C)CC1. The molecule has 0 radical (unpaired) electrons. The van der Waals surface area contributed by atoms with Crippen LogP contribution >= 0.6 is 0 Å². The zero-order chi connectivity index (χ0) is 14.3. The van der Waals surface area contributed by atoms with E-state index in [9.17, 15) is 0 Å². The van der Waals surface area contributed by atoms with E-state index in [0.717, 1.165) is 12.5 Å². The molecule has 19 heavy (non-hydrogen) atoms. The summed E-state index contributed by atoms with van der Waals surface area (Å²) in [6.07, 6.45) is 5.33. The van der Waals surface area contributed by atoms with Gasteiger partial charge in [-0.05, 0) is 52.4 Å². The molecule has 0 spiro atoms. The summed E-state index contributed by atoms with van der Waals surface area (Å²) < 4.78 is 0. The Labute approximate surface area is 120 Å². The molecule has 1 rings (SSSR count). The second-order valence-electron chi connectivity index (χ2n) is 6.69. The minimum Gasteiger partial charge on any atom is -0.313 e. The van der Waals surface area contributed by atoms with Crippen LogP contribution in [0.2, 0.25) is 0 Å². The summed E-state index contributed by atoms with van der Waals surface area (Å²) in [7, 11) is 4.56. The van der Waals surface area contributed by atoms with Crippen molar-refractivity contribution in [3.63, 3.8) is 0 Å². The summed E-state index contributed by atoms with van der Waals surface area (Å²) in [6, 6.07) is 1.29. The van der Waals surface area contributed by atoms with Gasteiger partial charge in [-0.3, -0.25) is 0 Å². The van der Waals surface area contributed by atoms with Gasteiger partial charge in [-0.15, -0.1) is 0 Å². The molecular formula is C16H35N3. The third-order valence-electron chi connectivity index (χ3n) is 4.39. The summed E-state index contributed by atoms with van der Waals surface area (Å²) >= 11 is 0. The first-order valence-electron chi connectivity index (χ1n) is 8.15. The number of rotatable bonds is 8. The first kappa shape index (κ1) is 16.9. The number of nitrogens with one attached hydrogen (secondary N) is 1. The normalized spacial score (nSPS) is 20.4. The van der Waals surface area contributed by atoms with Crippen molar-refractivity contribution in [1.29, 1.82) is 0 Å². The van der Waals surface area contributed by atoms with E-state index in [1.165, 1.54) is 45.3 Å². The molecule has 0 aromatic heterocycles. The summed E-state index contributed by atoms with van der Waals surface area (Å²) in [6.45, 7) is 11.7. The molecule has 1 aliphatic rings. The summed E-state index contributed by atoms with van der Waals surface area (Å²) in [5, 5.41) is 3.61. The molecule has 1 saturated heterocycles. The van der Waals surface area contributed by atoms with Gasteiger partial charge < -0.3 is 15.1 Å². The van der Waals surface area contributed by atoms with Crippen LogP contribution in [-0.2, 0) is 0 Å². The van der Waals surface area contributed by atoms with Gasteiger partial charge >= 0.3 is 0 Å². The average molecular weight is 269 g/mol. The standard InChI is InChI=1S/C16H35N3/c1-6-7-16(12-17-14(2)3)19(5)13-15-8-10-18(4)11-9-15/h14-17H,6-13H2,1-5H3. The van der Waals surface area contributed by atoms with Crippen LogP contribution in [0, 0.1) is 5.92 Å². The molecule has 0 aromatic carbocycles. The van der Waals surface area contributed by atoms with Gasteiger partial charge in [0.1, 0.15) is 0 Å². The molecule has 1 fully saturated rings. The quantitative estimate of drug-likeness (QED) is 0.730. The second kappa shape index (κ2) is 8.93. The largest absolute Gasteiger partial charge is 0.313 e. The molecule has 1 N–H and O–H groups in total. The topological polar surface area (TPSA) is 18.5 Å². The number of hydrogen-bond acceptors (Lipinski definition) is 3. The molecule has 0 aliphatic carbocycles. The molecule has 1 atom stereocenters. The van der Waals surface area contributed by atoms with Crippen LogP contribution in [0.3, 0.4) is 0 Å². The predicted octanol–water partition coefficient (Wildman–Crippen LogP) is 2.43. The maximum absolute atomic E-state index is 3.61. The first-order chi connectivity index (χ1) is 9.02. The van der Waals surface area contributed by atoms with Crippen molar-refractivity contribution in [1.82, 2.24) is 15.1 Å². The molecule has 1 unspecified atom stereocenters. The number of piperidine rings is 1. The van der Waals surface area contributed by atoms with Gasteiger partial charge in [-0.25, -0.2) is 0 Å². The van der Waals surface area contributed by atoms with Gasteiger partial charge in [-0.1, -0.05) is 27.2 Å². The monoisotopic (exact) mass is 269 g/mol. The van der Waals surface area contributed by atoms with E-state index in [1.807, 2.05) is 0 Å². The lowest BCUT2D eigenvalue weighted by Gasteiger charge is -2.35. The van der Waals surface area contributed by atoms with Gasteiger partial charge in [0.2, 0.25) is 0 Å². The Kier molecular flexibility index (Phi) is 7.96. The minimum absolute atomic E-state index is 0.594. The van der Waals surface area contributed by atoms with E-state index in [1.54, 1.807) is 0 Å². The van der Waals surface area contributed by atoms with E-state index in [0.29, 0.717) is 12.1 Å². The van der Waals surface area contributed by atoms with Crippen LogP contribution in [0.15, 0.2) is 0 Å². The Bertz CT molecular complexity index is 222. The average Bonchev–Trinajstić information content (AvgIpc) is 2.37. The van der Waals surface area contributed by atoms with E-state index in [4.69, 9.17) is 0 Å². The third kappa shape index (κ3) is 6.73. The highest BCUT2D eigenvalue weighted by Gasteiger charge is 2.21. The van der Waals surface area contributed by atoms with E-state index >= 15 is 0 Å². The summed E-state index contributed by atoms with van der Waals surface area (Å²) in [5.74, 6) is 0.902. The lowest BCUT2D eigenvalue weighted by atomic mass is 9.95. The maximum atomic E-state index is 3.61. The fraction of sp³-hybridized carbons (Fsp3) is 1.00. The Morgan fingerprint density at radius 3 is 2.42 bits per heavy atom. The van der Waals surface area contributed by atoms with Crippen LogP contribution in [0.25, 0.3) is 0 Å². The van der Waals surface area contributed by atoms with Gasteiger partial charge in [0.05, 0.1) is 0 Å². The molecule has 0 bridgehead atoms. The highest BCUT2D eigenvalue weighted by atomic mass is 15.2. The van der Waals surface area contributed by atoms with Crippen molar-refractivity contribution in [3.05, 3.63) is 0 Å². The van der Waals surface area contributed by atoms with Crippen molar-refractivity contribution in [2.75, 3.05) is 40.3 Å². The van der Waals surface area contributed by atoms with Gasteiger partial charge in [0, 0.05) is 25.2 Å². The van der Waals surface area contributed by atoms with Gasteiger partial charge in [0.15, 0.2) is 0 Å². The zero-order valence-electron chi connectivity index (χ0n) is 13.8. The van der Waals surface area contributed by atoms with Crippen molar-refractivity contribution in [2.24, 2.45) is 5.92 Å². The molecule has 1 aliphatic heterocycles. The maximum Gasteiger partial charge on any atom is 0.0217 e. The van der Waals surface area contributed by atoms with Gasteiger partial charge in [-0.2, -0.15) is 0 Å². The number of likely N-dealkylation sites (N-methyl/N-ethyl adjacent to an activating group) is 1. The molecular weight excluding hydrogens is 234 g/mol. The number of likely N-dealkylation sites (tertiary alicyclic amines) is 1. The van der Waals surface area contributed by atoms with Crippen molar-refractivity contribution in [3.8, 4) is 0 Å². The molecule has 3 nitrogen and oxygen atoms in total. The number of hydrogen-bond donors (Lipinski definition) is 1. The van der Waals surface area contributed by atoms with Crippen molar-refractivity contribution >= 4 is 0 Å². The van der Waals surface area contributed by atoms with Gasteiger partial charge in [0.25, 0.3) is 0 Å². The Morgan fingerprint density at radius 2 is 1.89 bits per heavy atom. The number of nitrogens with zero attached hydrogens (tertiary/aromatic N) is 2. The van der Waals surface area contributed by atoms with E-state index in [2.05, 4.69) is 50.0 Å². The molecule has 3 heteroatoms. The minimum atomic E-state index is 0.594. The van der Waals surface area contributed by atoms with Crippen LogP contribution < -0.4 is 5.32 Å². The Morgan fingerprint density at radius 1 is 1.26 bits per heavy atom. The molecule has 1 heterocycles. The lowest BCUT2D eigenvalue weighted by molar-refractivity contribution is 0.142. The zero-order valence-corrected chi connectivity index (χ0v) is 13.8. The van der Waals surface area contributed by atoms with Crippen molar-refractivity contribution < 1.29 is 0 Å². The second-order valence-corrected chi connectivity index (χ2v) is 6.69. The predicted molar refractivity (Wildman–Crippen MR) is 84.7 cm³/mol. The molecule has 114 valence electrons. The van der Waals surface area contributed by atoms with Crippen LogP contribution in [0.4, 0.5) is 0 Å². The van der Waals surface area contributed by atoms with Crippen LogP contribution in [-0.4, -0.2) is 62.2 Å². The Balaban J connectivity index is 2.35. The van der Waals surface area contributed by atoms with E-state index < -0.39 is 0 Å². The highest BCUT2D eigenvalue weighted by molar-refractivity contribution is 4.78. The molecule has 0 aromatic rings. The van der Waals surface area contributed by atoms with Crippen molar-refractivity contribution in [2.45, 2.75) is 58.5 Å². The summed E-state index contributed by atoms with van der Waals surface area (Å²) in [4.78, 5) is 5.06. The fourth-order valence-corrected chi connectivity index (χ4v) is 2.98. The third-order valence-corrected chi connectivity index (χ3v) is 4.39. The molecule has 0 saturated carbocycles. The summed E-state index contributed by atoms with van der Waals surface area (Å²) in [5.41, 5.74) is 0. The molecule has 0 amide bonds. The first-order valence-corrected chi connectivity index (χ1v) is 8.15. The van der Waals surface area contributed by atoms with E-state index in [-0.39, 0.29) is 0 Å². The van der Waals surface area contributed by atoms with Crippen LogP contribution in [0.1, 0.15) is 46.5 Å². The fourth-order valence-electron chi connectivity index (χ4n) is 2.98. The smallest absolute Gasteiger partial charge is 0.0217 e. The Hall–Kier alpha value is -0.120. The highest BCUT2D eigenvalue weighted by Crippen LogP contribution is 2.18.